The molecule has 0 amide bonds. The molecule has 0 saturated carbocycles. The van der Waals surface area contributed by atoms with E-state index in [1.54, 1.807) is 0 Å². The molecule has 1 unspecified atom stereocenters. The molecule has 0 aliphatic carbocycles. The maximum Gasteiger partial charge on any atom is 0.122 e. The molecular weight excluding hydrogens is 219 g/mol. The van der Waals surface area contributed by atoms with Gasteiger partial charge in [0.15, 0.2) is 0 Å². The summed E-state index contributed by atoms with van der Waals surface area (Å²) in [6.45, 7) is 0.719. The van der Waals surface area contributed by atoms with Gasteiger partial charge in [-0.2, -0.15) is 0 Å². The van der Waals surface area contributed by atoms with Gasteiger partial charge in [0.25, 0.3) is 0 Å². The molecule has 0 fully saturated rings. The molecule has 3 heteroatoms. The van der Waals surface area contributed by atoms with Crippen LogP contribution in [0.25, 0.3) is 0 Å². The smallest absolute Gasteiger partial charge is 0.122 e. The third kappa shape index (κ3) is 2.05. The van der Waals surface area contributed by atoms with Crippen molar-refractivity contribution in [1.29, 1.82) is 0 Å². The molecule has 1 aromatic rings. The second kappa shape index (κ2) is 4.24. The number of para-hydroxylation sites is 1. The Labute approximate surface area is 93.3 Å². The number of rotatable bonds is 2. The molecule has 0 N–H and O–H groups in total. The predicted molar refractivity (Wildman–Crippen MR) is 59.1 cm³/mol. The van der Waals surface area contributed by atoms with Gasteiger partial charge in [-0.15, -0.1) is 0 Å². The molecule has 1 aliphatic heterocycles. The lowest BCUT2D eigenvalue weighted by molar-refractivity contribution is 0.331. The third-order valence-corrected chi connectivity index (χ3v) is 2.66. The zero-order chi connectivity index (χ0) is 9.97. The number of benzene rings is 1. The number of hydrogen-bond donors (Lipinski definition) is 0. The summed E-state index contributed by atoms with van der Waals surface area (Å²) in [6, 6.07) is 8.07. The highest BCUT2D eigenvalue weighted by atomic mass is 35.5. The molecule has 0 radical (unpaired) electrons. The molecular formula is C11H10Cl2O. The Bertz CT molecular complexity index is 356. The summed E-state index contributed by atoms with van der Waals surface area (Å²) in [5, 5.41) is 0. The van der Waals surface area contributed by atoms with Gasteiger partial charge in [0.2, 0.25) is 0 Å². The Hall–Kier alpha value is -0.660. The lowest BCUT2D eigenvalue weighted by Crippen LogP contribution is -1.98. The van der Waals surface area contributed by atoms with Gasteiger partial charge in [0.1, 0.15) is 10.2 Å². The van der Waals surface area contributed by atoms with Crippen LogP contribution in [0.4, 0.5) is 0 Å². The first-order valence-corrected chi connectivity index (χ1v) is 5.26. The van der Waals surface area contributed by atoms with E-state index in [9.17, 15) is 0 Å². The van der Waals surface area contributed by atoms with Gasteiger partial charge in [0.05, 0.1) is 6.61 Å². The van der Waals surface area contributed by atoms with Crippen LogP contribution in [0.1, 0.15) is 17.9 Å². The van der Waals surface area contributed by atoms with E-state index in [4.69, 9.17) is 27.9 Å². The summed E-state index contributed by atoms with van der Waals surface area (Å²) in [7, 11) is 0. The van der Waals surface area contributed by atoms with Crippen molar-refractivity contribution in [2.75, 3.05) is 6.61 Å². The van der Waals surface area contributed by atoms with Crippen LogP contribution in [0.3, 0.4) is 0 Å². The maximum absolute atomic E-state index is 5.57. The number of halogens is 2. The van der Waals surface area contributed by atoms with Crippen molar-refractivity contribution in [3.8, 4) is 5.75 Å². The molecule has 0 spiro atoms. The van der Waals surface area contributed by atoms with Gasteiger partial charge >= 0.3 is 0 Å². The van der Waals surface area contributed by atoms with E-state index in [1.165, 1.54) is 5.56 Å². The van der Waals surface area contributed by atoms with Gasteiger partial charge in [-0.25, -0.2) is 0 Å². The summed E-state index contributed by atoms with van der Waals surface area (Å²) in [5.74, 6) is 1.37. The number of hydrogen-bond acceptors (Lipinski definition) is 1. The highest BCUT2D eigenvalue weighted by molar-refractivity contribution is 6.55. The van der Waals surface area contributed by atoms with Crippen molar-refractivity contribution in [3.05, 3.63) is 40.4 Å². The molecule has 0 saturated heterocycles. The fourth-order valence-corrected chi connectivity index (χ4v) is 1.83. The van der Waals surface area contributed by atoms with E-state index < -0.39 is 0 Å². The fourth-order valence-electron chi connectivity index (χ4n) is 1.66. The second-order valence-corrected chi connectivity index (χ2v) is 4.28. The lowest BCUT2D eigenvalue weighted by atomic mass is 9.98. The van der Waals surface area contributed by atoms with E-state index in [2.05, 4.69) is 6.07 Å². The maximum atomic E-state index is 5.57. The van der Waals surface area contributed by atoms with E-state index in [1.807, 2.05) is 24.3 Å². The Morgan fingerprint density at radius 3 is 3.00 bits per heavy atom. The molecule has 1 atom stereocenters. The SMILES string of the molecule is ClC(Cl)=CCC1COc2ccccc21. The first-order chi connectivity index (χ1) is 6.77. The van der Waals surface area contributed by atoms with E-state index >= 15 is 0 Å². The van der Waals surface area contributed by atoms with E-state index in [0.717, 1.165) is 18.8 Å². The van der Waals surface area contributed by atoms with Crippen molar-refractivity contribution >= 4 is 23.2 Å². The van der Waals surface area contributed by atoms with Crippen molar-refractivity contribution in [1.82, 2.24) is 0 Å². The minimum absolute atomic E-state index is 0.328. The Balaban J connectivity index is 2.14. The molecule has 0 bridgehead atoms. The molecule has 1 heterocycles. The molecule has 1 aliphatic rings. The van der Waals surface area contributed by atoms with Gasteiger partial charge in [-0.1, -0.05) is 47.5 Å². The van der Waals surface area contributed by atoms with Crippen molar-refractivity contribution in [2.45, 2.75) is 12.3 Å². The van der Waals surface area contributed by atoms with Crippen LogP contribution in [0.5, 0.6) is 5.75 Å². The van der Waals surface area contributed by atoms with Gasteiger partial charge in [-0.3, -0.25) is 0 Å². The van der Waals surface area contributed by atoms with Crippen molar-refractivity contribution in [2.24, 2.45) is 0 Å². The second-order valence-electron chi connectivity index (χ2n) is 3.28. The van der Waals surface area contributed by atoms with Crippen LogP contribution in [0.2, 0.25) is 0 Å². The third-order valence-electron chi connectivity index (χ3n) is 2.36. The Morgan fingerprint density at radius 1 is 1.43 bits per heavy atom. The minimum atomic E-state index is 0.328. The summed E-state index contributed by atoms with van der Waals surface area (Å²) < 4.78 is 5.86. The Kier molecular flexibility index (Phi) is 2.99. The average molecular weight is 229 g/mol. The molecule has 14 heavy (non-hydrogen) atoms. The zero-order valence-electron chi connectivity index (χ0n) is 7.54. The fraction of sp³-hybridized carbons (Fsp3) is 0.273. The first-order valence-electron chi connectivity index (χ1n) is 4.50. The number of ether oxygens (including phenoxy) is 1. The monoisotopic (exact) mass is 228 g/mol. The highest BCUT2D eigenvalue weighted by Crippen LogP contribution is 2.36. The molecule has 2 rings (SSSR count). The minimum Gasteiger partial charge on any atom is -0.493 e. The van der Waals surface area contributed by atoms with Crippen molar-refractivity contribution in [3.63, 3.8) is 0 Å². The normalized spacial score (nSPS) is 18.6. The van der Waals surface area contributed by atoms with E-state index in [-0.39, 0.29) is 0 Å². The number of fused-ring (bicyclic) bond motifs is 1. The molecule has 0 aromatic heterocycles. The van der Waals surface area contributed by atoms with Gasteiger partial charge in [-0.05, 0) is 12.5 Å². The summed E-state index contributed by atoms with van der Waals surface area (Å²) in [6.07, 6.45) is 2.65. The standard InChI is InChI=1S/C11H10Cl2O/c12-11(13)6-5-8-7-14-10-4-2-1-3-9(8)10/h1-4,6,8H,5,7H2. The largest absolute Gasteiger partial charge is 0.493 e. The van der Waals surface area contributed by atoms with Crippen LogP contribution in [-0.2, 0) is 0 Å². The molecule has 1 nitrogen and oxygen atoms in total. The summed E-state index contributed by atoms with van der Waals surface area (Å²) in [5.41, 5.74) is 1.25. The summed E-state index contributed by atoms with van der Waals surface area (Å²) >= 11 is 11.1. The van der Waals surface area contributed by atoms with Crippen LogP contribution in [0, 0.1) is 0 Å². The van der Waals surface area contributed by atoms with Crippen LogP contribution in [0.15, 0.2) is 34.8 Å². The van der Waals surface area contributed by atoms with Crippen LogP contribution in [-0.4, -0.2) is 6.61 Å². The lowest BCUT2D eigenvalue weighted by Gasteiger charge is -2.03. The number of allylic oxidation sites excluding steroid dienone is 1. The summed E-state index contributed by atoms with van der Waals surface area (Å²) in [4.78, 5) is 0. The molecule has 1 aromatic carbocycles. The van der Waals surface area contributed by atoms with Gasteiger partial charge in [0, 0.05) is 11.5 Å². The van der Waals surface area contributed by atoms with Crippen LogP contribution < -0.4 is 4.74 Å². The highest BCUT2D eigenvalue weighted by Gasteiger charge is 2.22. The first kappa shape index (κ1) is 9.88. The van der Waals surface area contributed by atoms with E-state index in [0.29, 0.717) is 10.4 Å². The van der Waals surface area contributed by atoms with Crippen LogP contribution >= 0.6 is 23.2 Å². The zero-order valence-corrected chi connectivity index (χ0v) is 9.05. The average Bonchev–Trinajstić information content (AvgIpc) is 2.58. The van der Waals surface area contributed by atoms with Crippen molar-refractivity contribution < 1.29 is 4.74 Å². The van der Waals surface area contributed by atoms with Gasteiger partial charge < -0.3 is 4.74 Å². The quantitative estimate of drug-likeness (QED) is 0.747. The molecule has 74 valence electrons. The topological polar surface area (TPSA) is 9.23 Å². The Morgan fingerprint density at radius 2 is 2.21 bits per heavy atom. The predicted octanol–water partition coefficient (Wildman–Crippen LogP) is 3.87.